The van der Waals surface area contributed by atoms with Crippen molar-refractivity contribution in [2.45, 2.75) is 49.8 Å². The van der Waals surface area contributed by atoms with Crippen molar-refractivity contribution in [1.29, 1.82) is 0 Å². The Labute approximate surface area is 212 Å². The average molecular weight is 519 g/mol. The minimum Gasteiger partial charge on any atom is -0.370 e. The van der Waals surface area contributed by atoms with E-state index in [4.69, 9.17) is 16.3 Å². The summed E-state index contributed by atoms with van der Waals surface area (Å²) in [6.45, 7) is -0.339. The van der Waals surface area contributed by atoms with E-state index in [0.29, 0.717) is 36.3 Å². The van der Waals surface area contributed by atoms with Crippen molar-refractivity contribution >= 4 is 46.0 Å². The first kappa shape index (κ1) is 24.7. The highest BCUT2D eigenvalue weighted by molar-refractivity contribution is 6.35. The maximum absolute atomic E-state index is 13.7. The molecule has 1 spiro atoms. The van der Waals surface area contributed by atoms with Crippen molar-refractivity contribution in [1.82, 2.24) is 20.5 Å². The van der Waals surface area contributed by atoms with Crippen LogP contribution in [0.4, 0.5) is 4.39 Å². The number of halogens is 2. The molecule has 0 unspecified atom stereocenters. The molecule has 1 aromatic heterocycles. The third-order valence-electron chi connectivity index (χ3n) is 7.60. The summed E-state index contributed by atoms with van der Waals surface area (Å²) in [7, 11) is 0. The summed E-state index contributed by atoms with van der Waals surface area (Å²) in [4.78, 5) is 56.3. The zero-order chi connectivity index (χ0) is 25.4. The van der Waals surface area contributed by atoms with Gasteiger partial charge in [-0.1, -0.05) is 23.7 Å². The number of nitrogens with one attached hydrogen (secondary N) is 3. The minimum atomic E-state index is -1.26. The Morgan fingerprint density at radius 3 is 2.75 bits per heavy atom. The van der Waals surface area contributed by atoms with Gasteiger partial charge in [0.25, 0.3) is 5.91 Å². The maximum Gasteiger partial charge on any atom is 0.271 e. The second-order valence-electron chi connectivity index (χ2n) is 9.73. The number of carbonyl (C=O) groups excluding carboxylic acids is 4. The summed E-state index contributed by atoms with van der Waals surface area (Å²) in [6, 6.07) is 4.86. The number of hydrogen-bond donors (Lipinski definition) is 3. The highest BCUT2D eigenvalue weighted by atomic mass is 35.5. The molecule has 2 aromatic rings. The number of ketones is 1. The van der Waals surface area contributed by atoms with Gasteiger partial charge in [-0.3, -0.25) is 19.2 Å². The first-order valence-electron chi connectivity index (χ1n) is 12.2. The number of rotatable bonds is 7. The van der Waals surface area contributed by atoms with E-state index in [2.05, 4.69) is 15.6 Å². The van der Waals surface area contributed by atoms with E-state index < -0.39 is 42.0 Å². The first-order valence-corrected chi connectivity index (χ1v) is 12.6. The van der Waals surface area contributed by atoms with E-state index in [0.717, 1.165) is 11.8 Å². The Morgan fingerprint density at radius 1 is 1.31 bits per heavy atom. The van der Waals surface area contributed by atoms with Crippen LogP contribution in [0.5, 0.6) is 0 Å². The fourth-order valence-electron chi connectivity index (χ4n) is 5.54. The van der Waals surface area contributed by atoms with Crippen molar-refractivity contribution in [3.05, 3.63) is 35.0 Å². The van der Waals surface area contributed by atoms with Gasteiger partial charge in [0.1, 0.15) is 18.4 Å². The molecule has 3 aliphatic rings. The lowest BCUT2D eigenvalue weighted by Crippen LogP contribution is -2.69. The molecule has 3 heterocycles. The number of benzene rings is 1. The van der Waals surface area contributed by atoms with Crippen molar-refractivity contribution < 1.29 is 28.3 Å². The topological polar surface area (TPSA) is 121 Å². The number of para-hydroxylation sites is 1. The normalized spacial score (nSPS) is 23.8. The van der Waals surface area contributed by atoms with Gasteiger partial charge in [0.15, 0.2) is 5.78 Å². The molecule has 1 saturated carbocycles. The number of Topliss-reactive ketones (excluding diaryl/α,β-unsaturated/α-hetero) is 1. The molecule has 1 aromatic carbocycles. The third-order valence-corrected chi connectivity index (χ3v) is 7.91. The van der Waals surface area contributed by atoms with Crippen LogP contribution >= 0.6 is 11.6 Å². The molecular weight excluding hydrogens is 491 g/mol. The Balaban J connectivity index is 1.42. The van der Waals surface area contributed by atoms with Crippen molar-refractivity contribution in [3.8, 4) is 0 Å². The standard InChI is InChI=1S/C25H28ClFN4O5/c26-16-4-1-3-14-11-18(29-20(14)16)24(35)31-9-10-36-25(6-2-7-25)21(31)23(34)30-17(19(32)13-27)12-15-5-8-28-22(15)33/h1,3-4,11,15,17,21,29H,2,5-10,12-13H2,(H,28,33)(H,30,34)/t15-,17-,21+/m1/s1. The summed E-state index contributed by atoms with van der Waals surface area (Å²) in [5.41, 5.74) is 0.0419. The van der Waals surface area contributed by atoms with Gasteiger partial charge in [0.05, 0.1) is 28.8 Å². The zero-order valence-electron chi connectivity index (χ0n) is 19.6. The van der Waals surface area contributed by atoms with E-state index in [1.807, 2.05) is 6.07 Å². The maximum atomic E-state index is 13.7. The van der Waals surface area contributed by atoms with Gasteiger partial charge in [-0.2, -0.15) is 0 Å². The first-order chi connectivity index (χ1) is 17.3. The molecule has 3 N–H and O–H groups in total. The molecule has 0 bridgehead atoms. The number of amides is 3. The SMILES string of the molecule is O=C1NCC[C@@H]1C[C@@H](NC(=O)[C@@H]1N(C(=O)c2cc3cccc(Cl)c3[nH]2)CCOC12CCC2)C(=O)CF. The largest absolute Gasteiger partial charge is 0.370 e. The number of morpholine rings is 1. The number of carbonyl (C=O) groups is 4. The van der Waals surface area contributed by atoms with Gasteiger partial charge in [-0.25, -0.2) is 4.39 Å². The third kappa shape index (κ3) is 4.37. The number of ether oxygens (including phenoxy) is 1. The number of alkyl halides is 1. The lowest BCUT2D eigenvalue weighted by Gasteiger charge is -2.53. The number of H-pyrrole nitrogens is 1. The van der Waals surface area contributed by atoms with Gasteiger partial charge in [-0.15, -0.1) is 0 Å². The highest BCUT2D eigenvalue weighted by Gasteiger charge is 2.55. The molecule has 3 amide bonds. The van der Waals surface area contributed by atoms with E-state index in [-0.39, 0.29) is 37.1 Å². The molecule has 5 rings (SSSR count). The number of fused-ring (bicyclic) bond motifs is 1. The molecule has 0 radical (unpaired) electrons. The Bertz CT molecular complexity index is 1210. The van der Waals surface area contributed by atoms with Crippen LogP contribution in [-0.2, 0) is 19.1 Å². The van der Waals surface area contributed by atoms with Crippen LogP contribution in [0.3, 0.4) is 0 Å². The fourth-order valence-corrected chi connectivity index (χ4v) is 5.77. The summed E-state index contributed by atoms with van der Waals surface area (Å²) in [6.07, 6.45) is 2.52. The summed E-state index contributed by atoms with van der Waals surface area (Å²) < 4.78 is 19.4. The number of aromatic amines is 1. The van der Waals surface area contributed by atoms with Crippen LogP contribution in [0, 0.1) is 5.92 Å². The lowest BCUT2D eigenvalue weighted by atomic mass is 9.72. The monoisotopic (exact) mass is 518 g/mol. The van der Waals surface area contributed by atoms with Gasteiger partial charge in [-0.05, 0) is 44.2 Å². The zero-order valence-corrected chi connectivity index (χ0v) is 20.4. The Morgan fingerprint density at radius 2 is 2.11 bits per heavy atom. The molecule has 2 aliphatic heterocycles. The van der Waals surface area contributed by atoms with Crippen LogP contribution in [0.1, 0.15) is 42.6 Å². The van der Waals surface area contributed by atoms with Crippen LogP contribution < -0.4 is 10.6 Å². The molecule has 1 aliphatic carbocycles. The Hall–Kier alpha value is -2.98. The van der Waals surface area contributed by atoms with Crippen LogP contribution in [0.25, 0.3) is 10.9 Å². The van der Waals surface area contributed by atoms with Crippen LogP contribution in [-0.4, -0.2) is 77.4 Å². The molecular formula is C25H28ClFN4O5. The smallest absolute Gasteiger partial charge is 0.271 e. The van der Waals surface area contributed by atoms with Crippen molar-refractivity contribution in [2.75, 3.05) is 26.4 Å². The summed E-state index contributed by atoms with van der Waals surface area (Å²) in [5, 5.41) is 6.60. The molecule has 3 fully saturated rings. The lowest BCUT2D eigenvalue weighted by molar-refractivity contribution is -0.184. The molecule has 2 saturated heterocycles. The van der Waals surface area contributed by atoms with Crippen LogP contribution in [0.2, 0.25) is 5.02 Å². The van der Waals surface area contributed by atoms with E-state index in [1.54, 1.807) is 18.2 Å². The molecule has 11 heteroatoms. The van der Waals surface area contributed by atoms with Gasteiger partial charge in [0, 0.05) is 24.4 Å². The molecule has 3 atom stereocenters. The molecule has 36 heavy (non-hydrogen) atoms. The average Bonchev–Trinajstić information content (AvgIpc) is 3.48. The van der Waals surface area contributed by atoms with Gasteiger partial charge < -0.3 is 25.3 Å². The van der Waals surface area contributed by atoms with Crippen LogP contribution in [0.15, 0.2) is 24.3 Å². The van der Waals surface area contributed by atoms with Crippen molar-refractivity contribution in [2.24, 2.45) is 5.92 Å². The Kier molecular flexibility index (Phi) is 6.74. The quantitative estimate of drug-likeness (QED) is 0.518. The van der Waals surface area contributed by atoms with E-state index >= 15 is 0 Å². The predicted octanol–water partition coefficient (Wildman–Crippen LogP) is 2.13. The summed E-state index contributed by atoms with van der Waals surface area (Å²) in [5.74, 6) is -2.47. The van der Waals surface area contributed by atoms with E-state index in [9.17, 15) is 23.6 Å². The molecule has 192 valence electrons. The van der Waals surface area contributed by atoms with E-state index in [1.165, 1.54) is 4.90 Å². The van der Waals surface area contributed by atoms with Crippen molar-refractivity contribution in [3.63, 3.8) is 0 Å². The number of hydrogen-bond acceptors (Lipinski definition) is 5. The second kappa shape index (κ2) is 9.82. The second-order valence-corrected chi connectivity index (χ2v) is 10.1. The predicted molar refractivity (Wildman–Crippen MR) is 129 cm³/mol. The van der Waals surface area contributed by atoms with Gasteiger partial charge >= 0.3 is 0 Å². The number of aromatic nitrogens is 1. The summed E-state index contributed by atoms with van der Waals surface area (Å²) >= 11 is 6.27. The fraction of sp³-hybridized carbons (Fsp3) is 0.520. The molecule has 9 nitrogen and oxygen atoms in total. The highest BCUT2D eigenvalue weighted by Crippen LogP contribution is 2.43. The minimum absolute atomic E-state index is 0.00929. The number of nitrogens with zero attached hydrogens (tertiary/aromatic N) is 1. The van der Waals surface area contributed by atoms with Gasteiger partial charge in [0.2, 0.25) is 11.8 Å².